The number of benzene rings is 1. The molecule has 0 unspecified atom stereocenters. The van der Waals surface area contributed by atoms with Crippen LogP contribution in [0.3, 0.4) is 0 Å². The van der Waals surface area contributed by atoms with Crippen LogP contribution in [0.15, 0.2) is 24.3 Å². The first-order valence-corrected chi connectivity index (χ1v) is 9.06. The monoisotopic (exact) mass is 392 g/mol. The van der Waals surface area contributed by atoms with Gasteiger partial charge in [-0.3, -0.25) is 4.79 Å². The smallest absolute Gasteiger partial charge is 0.339 e. The molecule has 0 aliphatic carbocycles. The zero-order valence-electron chi connectivity index (χ0n) is 16.3. The Morgan fingerprint density at radius 3 is 2.56 bits per heavy atom. The average molecular weight is 393 g/mol. The van der Waals surface area contributed by atoms with E-state index in [2.05, 4.69) is 0 Å². The Morgan fingerprint density at radius 1 is 1.22 bits per heavy atom. The molecule has 0 N–H and O–H groups in total. The van der Waals surface area contributed by atoms with Crippen molar-refractivity contribution in [2.75, 3.05) is 20.8 Å². The van der Waals surface area contributed by atoms with Crippen molar-refractivity contribution in [1.29, 1.82) is 0 Å². The number of aromatic nitrogens is 1. The molecule has 2 aromatic rings. The highest BCUT2D eigenvalue weighted by molar-refractivity contribution is 6.30. The van der Waals surface area contributed by atoms with E-state index in [1.54, 1.807) is 50.2 Å². The van der Waals surface area contributed by atoms with Gasteiger partial charge in [0, 0.05) is 35.6 Å². The highest BCUT2D eigenvalue weighted by atomic mass is 35.5. The van der Waals surface area contributed by atoms with Crippen LogP contribution in [0.4, 0.5) is 0 Å². The molecule has 0 saturated carbocycles. The van der Waals surface area contributed by atoms with Crippen LogP contribution in [0, 0.1) is 13.8 Å². The predicted octanol–water partition coefficient (Wildman–Crippen LogP) is 3.60. The second kappa shape index (κ2) is 8.95. The number of carbonyl (C=O) groups excluding carboxylic acids is 2. The molecule has 1 heterocycles. The molecule has 2 rings (SSSR count). The molecule has 1 aromatic heterocycles. The van der Waals surface area contributed by atoms with Crippen LogP contribution in [-0.4, -0.2) is 42.1 Å². The van der Waals surface area contributed by atoms with Crippen molar-refractivity contribution in [2.24, 2.45) is 0 Å². The van der Waals surface area contributed by atoms with Crippen LogP contribution in [0.25, 0.3) is 0 Å². The Kier molecular flexibility index (Phi) is 6.91. The number of amides is 1. The lowest BCUT2D eigenvalue weighted by atomic mass is 10.2. The highest BCUT2D eigenvalue weighted by Gasteiger charge is 2.20. The summed E-state index contributed by atoms with van der Waals surface area (Å²) in [4.78, 5) is 26.4. The van der Waals surface area contributed by atoms with E-state index in [0.29, 0.717) is 35.2 Å². The van der Waals surface area contributed by atoms with Crippen molar-refractivity contribution < 1.29 is 19.1 Å². The molecule has 146 valence electrons. The Morgan fingerprint density at radius 2 is 1.93 bits per heavy atom. The van der Waals surface area contributed by atoms with Gasteiger partial charge in [-0.15, -0.1) is 0 Å². The van der Waals surface area contributed by atoms with E-state index in [9.17, 15) is 9.59 Å². The van der Waals surface area contributed by atoms with Crippen LogP contribution >= 0.6 is 11.6 Å². The number of nitrogens with zero attached hydrogens (tertiary/aromatic N) is 2. The van der Waals surface area contributed by atoms with Crippen molar-refractivity contribution in [2.45, 2.75) is 33.9 Å². The van der Waals surface area contributed by atoms with Gasteiger partial charge in [0.1, 0.15) is 12.3 Å². The first-order valence-electron chi connectivity index (χ1n) is 8.68. The van der Waals surface area contributed by atoms with Gasteiger partial charge >= 0.3 is 5.97 Å². The second-order valence-corrected chi connectivity index (χ2v) is 6.73. The maximum Gasteiger partial charge on any atom is 0.339 e. The molecule has 0 spiro atoms. The van der Waals surface area contributed by atoms with Gasteiger partial charge in [-0.05, 0) is 45.0 Å². The number of ether oxygens (including phenoxy) is 2. The number of hydrogen-bond acceptors (Lipinski definition) is 4. The van der Waals surface area contributed by atoms with Gasteiger partial charge in [-0.2, -0.15) is 0 Å². The summed E-state index contributed by atoms with van der Waals surface area (Å²) in [6.45, 7) is 6.25. The molecular weight excluding hydrogens is 368 g/mol. The lowest BCUT2D eigenvalue weighted by molar-refractivity contribution is -0.131. The van der Waals surface area contributed by atoms with E-state index in [-0.39, 0.29) is 18.4 Å². The lowest BCUT2D eigenvalue weighted by Gasteiger charge is -2.20. The number of methoxy groups -OCH3 is 1. The fraction of sp³-hybridized carbons (Fsp3) is 0.400. The fourth-order valence-corrected chi connectivity index (χ4v) is 3.13. The van der Waals surface area contributed by atoms with E-state index >= 15 is 0 Å². The van der Waals surface area contributed by atoms with E-state index in [0.717, 1.165) is 11.3 Å². The van der Waals surface area contributed by atoms with E-state index in [1.165, 1.54) is 0 Å². The minimum Gasteiger partial charge on any atom is -0.496 e. The quantitative estimate of drug-likeness (QED) is 0.675. The molecule has 0 atom stereocenters. The van der Waals surface area contributed by atoms with Crippen molar-refractivity contribution in [3.05, 3.63) is 51.8 Å². The molecule has 0 bridgehead atoms. The molecule has 1 amide bonds. The molecule has 0 saturated heterocycles. The van der Waals surface area contributed by atoms with Gasteiger partial charge in [0.2, 0.25) is 5.91 Å². The first kappa shape index (κ1) is 20.8. The molecule has 0 aliphatic heterocycles. The first-order chi connectivity index (χ1) is 12.8. The zero-order chi connectivity index (χ0) is 20.1. The fourth-order valence-electron chi connectivity index (χ4n) is 2.93. The zero-order valence-corrected chi connectivity index (χ0v) is 17.1. The largest absolute Gasteiger partial charge is 0.496 e. The van der Waals surface area contributed by atoms with Gasteiger partial charge in [-0.1, -0.05) is 11.6 Å². The molecule has 7 heteroatoms. The van der Waals surface area contributed by atoms with Crippen LogP contribution in [0.2, 0.25) is 5.02 Å². The summed E-state index contributed by atoms with van der Waals surface area (Å²) < 4.78 is 12.2. The molecule has 27 heavy (non-hydrogen) atoms. The van der Waals surface area contributed by atoms with E-state index in [4.69, 9.17) is 21.1 Å². The van der Waals surface area contributed by atoms with Crippen LogP contribution < -0.4 is 4.74 Å². The number of esters is 1. The van der Waals surface area contributed by atoms with E-state index in [1.807, 2.05) is 18.4 Å². The third-order valence-electron chi connectivity index (χ3n) is 4.44. The number of likely N-dealkylation sites (N-methyl/N-ethyl adjacent to an activating group) is 1. The summed E-state index contributed by atoms with van der Waals surface area (Å²) in [7, 11) is 3.31. The van der Waals surface area contributed by atoms with Gasteiger partial charge < -0.3 is 18.9 Å². The molecule has 0 radical (unpaired) electrons. The molecular formula is C20H25ClN2O4. The third-order valence-corrected chi connectivity index (χ3v) is 4.67. The van der Waals surface area contributed by atoms with Crippen molar-refractivity contribution in [3.63, 3.8) is 0 Å². The third kappa shape index (κ3) is 4.83. The average Bonchev–Trinajstić information content (AvgIpc) is 2.90. The number of halogens is 1. The minimum absolute atomic E-state index is 0.0887. The number of rotatable bonds is 7. The summed E-state index contributed by atoms with van der Waals surface area (Å²) in [6.07, 6.45) is 0. The second-order valence-electron chi connectivity index (χ2n) is 6.30. The maximum absolute atomic E-state index is 12.7. The summed E-state index contributed by atoms with van der Waals surface area (Å²) in [5, 5.41) is 0.586. The summed E-state index contributed by atoms with van der Waals surface area (Å²) in [5.74, 6) is 0.215. The lowest BCUT2D eigenvalue weighted by Crippen LogP contribution is -2.30. The van der Waals surface area contributed by atoms with Gasteiger partial charge in [0.15, 0.2) is 0 Å². The Bertz CT molecular complexity index is 845. The van der Waals surface area contributed by atoms with Gasteiger partial charge in [0.05, 0.1) is 19.3 Å². The van der Waals surface area contributed by atoms with Crippen LogP contribution in [0.1, 0.15) is 34.2 Å². The van der Waals surface area contributed by atoms with Gasteiger partial charge in [-0.25, -0.2) is 4.79 Å². The highest BCUT2D eigenvalue weighted by Crippen LogP contribution is 2.24. The summed E-state index contributed by atoms with van der Waals surface area (Å²) >= 11 is 6.06. The predicted molar refractivity (Wildman–Crippen MR) is 104 cm³/mol. The van der Waals surface area contributed by atoms with Crippen molar-refractivity contribution in [1.82, 2.24) is 9.47 Å². The summed E-state index contributed by atoms with van der Waals surface area (Å²) in [5.41, 5.74) is 2.86. The standard InChI is InChI=1S/C20H25ClN2O4/c1-6-27-20(25)17-9-13(2)23(14(17)3)12-19(24)22(4)11-15-10-16(21)7-8-18(15)26-5/h7-10H,6,11-12H2,1-5H3. The Labute approximate surface area is 164 Å². The molecule has 6 nitrogen and oxygen atoms in total. The topological polar surface area (TPSA) is 60.8 Å². The van der Waals surface area contributed by atoms with E-state index < -0.39 is 0 Å². The van der Waals surface area contributed by atoms with Crippen LogP contribution in [0.5, 0.6) is 5.75 Å². The summed E-state index contributed by atoms with van der Waals surface area (Å²) in [6, 6.07) is 7.06. The van der Waals surface area contributed by atoms with Gasteiger partial charge in [0.25, 0.3) is 0 Å². The normalized spacial score (nSPS) is 10.6. The number of aryl methyl sites for hydroxylation is 1. The Hall–Kier alpha value is -2.47. The number of hydrogen-bond donors (Lipinski definition) is 0. The maximum atomic E-state index is 12.7. The molecule has 0 fully saturated rings. The molecule has 0 aliphatic rings. The van der Waals surface area contributed by atoms with Crippen molar-refractivity contribution >= 4 is 23.5 Å². The van der Waals surface area contributed by atoms with Crippen LogP contribution in [-0.2, 0) is 22.6 Å². The van der Waals surface area contributed by atoms with Crippen molar-refractivity contribution in [3.8, 4) is 5.75 Å². The molecule has 1 aromatic carbocycles. The SMILES string of the molecule is CCOC(=O)c1cc(C)n(CC(=O)N(C)Cc2cc(Cl)ccc2OC)c1C. The number of carbonyl (C=O) groups is 2. The Balaban J connectivity index is 2.15. The minimum atomic E-state index is -0.374.